The lowest BCUT2D eigenvalue weighted by Crippen LogP contribution is -2.04. The highest BCUT2D eigenvalue weighted by molar-refractivity contribution is 6.37. The second-order valence-electron chi connectivity index (χ2n) is 5.00. The van der Waals surface area contributed by atoms with E-state index < -0.39 is 0 Å². The molecule has 3 nitrogen and oxygen atoms in total. The number of carbonyl (C=O) groups is 1. The first kappa shape index (κ1) is 19.5. The van der Waals surface area contributed by atoms with E-state index >= 15 is 0 Å². The maximum absolute atomic E-state index is 12.9. The van der Waals surface area contributed by atoms with Crippen LogP contribution in [0.2, 0.25) is 15.1 Å². The van der Waals surface area contributed by atoms with Gasteiger partial charge in [-0.2, -0.15) is 0 Å². The number of ketones is 1. The van der Waals surface area contributed by atoms with E-state index in [2.05, 4.69) is 9.97 Å². The van der Waals surface area contributed by atoms with Gasteiger partial charge < -0.3 is 4.98 Å². The molecule has 128 valence electrons. The highest BCUT2D eigenvalue weighted by atomic mass is 35.5. The molecule has 2 aromatic carbocycles. The average Bonchev–Trinajstić information content (AvgIpc) is 3.08. The minimum absolute atomic E-state index is 0. The predicted octanol–water partition coefficient (Wildman–Crippen LogP) is 6.22. The molecular weight excluding hydrogens is 402 g/mol. The Labute approximate surface area is 166 Å². The van der Waals surface area contributed by atoms with Crippen molar-refractivity contribution < 1.29 is 4.79 Å². The van der Waals surface area contributed by atoms with Crippen LogP contribution in [0.5, 0.6) is 0 Å². The molecule has 0 saturated heterocycles. The molecule has 0 amide bonds. The fourth-order valence-corrected chi connectivity index (χ4v) is 2.77. The Morgan fingerprint density at radius 2 is 1.68 bits per heavy atom. The SMILES string of the molecule is Cl.O=C(/C(=C/c1ccc(Cl)cc1Cl)c1ncc[nH]1)c1ccc(Cl)cc1. The number of halogens is 4. The molecule has 0 saturated carbocycles. The number of nitrogens with one attached hydrogen (secondary N) is 1. The average molecular weight is 414 g/mol. The third-order valence-corrected chi connectivity index (χ3v) is 4.18. The summed E-state index contributed by atoms with van der Waals surface area (Å²) in [6.07, 6.45) is 4.93. The van der Waals surface area contributed by atoms with Crippen molar-refractivity contribution >= 4 is 64.6 Å². The summed E-state index contributed by atoms with van der Waals surface area (Å²) in [7, 11) is 0. The smallest absolute Gasteiger partial charge is 0.196 e. The Bertz CT molecular complexity index is 903. The summed E-state index contributed by atoms with van der Waals surface area (Å²) in [5.74, 6) is 0.272. The number of imidazole rings is 1. The zero-order valence-electron chi connectivity index (χ0n) is 12.7. The molecule has 0 aliphatic heterocycles. The van der Waals surface area contributed by atoms with Gasteiger partial charge in [-0.15, -0.1) is 12.4 Å². The van der Waals surface area contributed by atoms with Gasteiger partial charge in [0.1, 0.15) is 5.82 Å². The lowest BCUT2D eigenvalue weighted by atomic mass is 10.0. The topological polar surface area (TPSA) is 45.8 Å². The Balaban J connectivity index is 0.00000225. The zero-order chi connectivity index (χ0) is 17.1. The van der Waals surface area contributed by atoms with Gasteiger partial charge in [-0.1, -0.05) is 40.9 Å². The number of hydrogen-bond acceptors (Lipinski definition) is 2. The number of Topliss-reactive ketones (excluding diaryl/α,β-unsaturated/α-hetero) is 1. The van der Waals surface area contributed by atoms with Crippen LogP contribution in [-0.2, 0) is 0 Å². The van der Waals surface area contributed by atoms with Gasteiger partial charge in [-0.3, -0.25) is 4.79 Å². The van der Waals surface area contributed by atoms with E-state index in [4.69, 9.17) is 34.8 Å². The van der Waals surface area contributed by atoms with Crippen LogP contribution in [0.1, 0.15) is 21.7 Å². The molecule has 1 N–H and O–H groups in total. The Kier molecular flexibility index (Phi) is 6.68. The largest absolute Gasteiger partial charge is 0.345 e. The van der Waals surface area contributed by atoms with E-state index in [0.29, 0.717) is 37.6 Å². The molecular formula is C18H12Cl4N2O. The quantitative estimate of drug-likeness (QED) is 0.407. The molecule has 3 rings (SSSR count). The number of nitrogens with zero attached hydrogens (tertiary/aromatic N) is 1. The van der Waals surface area contributed by atoms with E-state index in [1.165, 1.54) is 0 Å². The van der Waals surface area contributed by atoms with Crippen molar-refractivity contribution in [3.05, 3.63) is 86.9 Å². The lowest BCUT2D eigenvalue weighted by molar-refractivity contribution is 0.105. The first-order chi connectivity index (χ1) is 11.5. The van der Waals surface area contributed by atoms with Gasteiger partial charge in [-0.05, 0) is 48.0 Å². The summed E-state index contributed by atoms with van der Waals surface area (Å²) >= 11 is 18.0. The molecule has 3 aromatic rings. The van der Waals surface area contributed by atoms with Crippen molar-refractivity contribution in [3.63, 3.8) is 0 Å². The van der Waals surface area contributed by atoms with Crippen LogP contribution in [0, 0.1) is 0 Å². The number of hydrogen-bond donors (Lipinski definition) is 1. The van der Waals surface area contributed by atoms with E-state index in [0.717, 1.165) is 0 Å². The van der Waals surface area contributed by atoms with E-state index in [1.807, 2.05) is 0 Å². The van der Waals surface area contributed by atoms with E-state index in [9.17, 15) is 4.79 Å². The third kappa shape index (κ3) is 4.65. The number of aromatic nitrogens is 2. The van der Waals surface area contributed by atoms with Crippen molar-refractivity contribution in [2.24, 2.45) is 0 Å². The number of H-pyrrole nitrogens is 1. The molecule has 25 heavy (non-hydrogen) atoms. The summed E-state index contributed by atoms with van der Waals surface area (Å²) in [6, 6.07) is 11.8. The summed E-state index contributed by atoms with van der Waals surface area (Å²) in [4.78, 5) is 20.0. The highest BCUT2D eigenvalue weighted by Crippen LogP contribution is 2.27. The van der Waals surface area contributed by atoms with Crippen LogP contribution in [0.25, 0.3) is 11.6 Å². The summed E-state index contributed by atoms with van der Waals surface area (Å²) in [6.45, 7) is 0. The van der Waals surface area contributed by atoms with Crippen molar-refractivity contribution in [2.75, 3.05) is 0 Å². The van der Waals surface area contributed by atoms with Crippen LogP contribution in [0.3, 0.4) is 0 Å². The maximum atomic E-state index is 12.9. The van der Waals surface area contributed by atoms with Gasteiger partial charge >= 0.3 is 0 Å². The Morgan fingerprint density at radius 1 is 1.00 bits per heavy atom. The van der Waals surface area contributed by atoms with Gasteiger partial charge in [0.25, 0.3) is 0 Å². The molecule has 0 atom stereocenters. The lowest BCUT2D eigenvalue weighted by Gasteiger charge is -2.06. The second kappa shape index (κ2) is 8.54. The summed E-state index contributed by atoms with van der Waals surface area (Å²) in [5, 5.41) is 1.55. The van der Waals surface area contributed by atoms with E-state index in [-0.39, 0.29) is 18.2 Å². The minimum Gasteiger partial charge on any atom is -0.345 e. The predicted molar refractivity (Wildman–Crippen MR) is 106 cm³/mol. The van der Waals surface area contributed by atoms with Crippen LogP contribution in [-0.4, -0.2) is 15.8 Å². The molecule has 7 heteroatoms. The molecule has 0 radical (unpaired) electrons. The standard InChI is InChI=1S/C18H11Cl3N2O.ClH/c19-13-4-1-11(2-5-13)17(24)15(18-22-7-8-23-18)9-12-3-6-14(20)10-16(12)21;/h1-10H,(H,22,23);1H/b15-9-;. The minimum atomic E-state index is -0.187. The fraction of sp³-hybridized carbons (Fsp3) is 0. The van der Waals surface area contributed by atoms with Crippen molar-refractivity contribution in [2.45, 2.75) is 0 Å². The molecule has 1 heterocycles. The zero-order valence-corrected chi connectivity index (χ0v) is 15.8. The number of carbonyl (C=O) groups excluding carboxylic acids is 1. The van der Waals surface area contributed by atoms with Crippen LogP contribution < -0.4 is 0 Å². The van der Waals surface area contributed by atoms with Crippen LogP contribution in [0.15, 0.2) is 54.9 Å². The van der Waals surface area contributed by atoms with Crippen LogP contribution in [0.4, 0.5) is 0 Å². The normalized spacial score (nSPS) is 11.1. The number of rotatable bonds is 4. The summed E-state index contributed by atoms with van der Waals surface area (Å²) in [5.41, 5.74) is 1.58. The molecule has 0 aliphatic rings. The molecule has 0 spiro atoms. The van der Waals surface area contributed by atoms with Crippen LogP contribution >= 0.6 is 47.2 Å². The van der Waals surface area contributed by atoms with Gasteiger partial charge in [0.05, 0.1) is 5.57 Å². The Morgan fingerprint density at radius 3 is 2.28 bits per heavy atom. The maximum Gasteiger partial charge on any atom is 0.196 e. The Hall–Kier alpha value is -1.78. The van der Waals surface area contributed by atoms with Gasteiger partial charge in [-0.25, -0.2) is 4.98 Å². The van der Waals surface area contributed by atoms with Crippen molar-refractivity contribution in [1.29, 1.82) is 0 Å². The monoisotopic (exact) mass is 412 g/mol. The fourth-order valence-electron chi connectivity index (χ4n) is 2.18. The number of allylic oxidation sites excluding steroid dienone is 1. The van der Waals surface area contributed by atoms with Gasteiger partial charge in [0.2, 0.25) is 0 Å². The molecule has 0 fully saturated rings. The molecule has 0 aliphatic carbocycles. The number of aromatic amines is 1. The van der Waals surface area contributed by atoms with Gasteiger partial charge in [0.15, 0.2) is 5.78 Å². The van der Waals surface area contributed by atoms with Crippen molar-refractivity contribution in [3.8, 4) is 0 Å². The number of benzene rings is 2. The highest BCUT2D eigenvalue weighted by Gasteiger charge is 2.17. The molecule has 0 bridgehead atoms. The first-order valence-corrected chi connectivity index (χ1v) is 8.15. The van der Waals surface area contributed by atoms with E-state index in [1.54, 1.807) is 60.9 Å². The first-order valence-electron chi connectivity index (χ1n) is 7.01. The van der Waals surface area contributed by atoms with Gasteiger partial charge in [0, 0.05) is 33.0 Å². The van der Waals surface area contributed by atoms with Crippen molar-refractivity contribution in [1.82, 2.24) is 9.97 Å². The molecule has 1 aromatic heterocycles. The summed E-state index contributed by atoms with van der Waals surface area (Å²) < 4.78 is 0. The molecule has 0 unspecified atom stereocenters. The second-order valence-corrected chi connectivity index (χ2v) is 6.28. The third-order valence-electron chi connectivity index (χ3n) is 3.37.